The van der Waals surface area contributed by atoms with Crippen molar-refractivity contribution in [2.75, 3.05) is 0 Å². The summed E-state index contributed by atoms with van der Waals surface area (Å²) in [5, 5.41) is 0. The van der Waals surface area contributed by atoms with E-state index in [9.17, 15) is 0 Å². The van der Waals surface area contributed by atoms with Gasteiger partial charge in [0, 0.05) is 18.9 Å². The van der Waals surface area contributed by atoms with Gasteiger partial charge in [0.15, 0.2) is 0 Å². The smallest absolute Gasteiger partial charge is 0.138 e. The summed E-state index contributed by atoms with van der Waals surface area (Å²) in [4.78, 5) is 8.20. The van der Waals surface area contributed by atoms with Gasteiger partial charge in [-0.05, 0) is 23.8 Å². The molecule has 2 aromatic rings. The molecule has 0 saturated carbocycles. The minimum atomic E-state index is 0.441. The molecular weight excluding hydrogens is 202 g/mol. The molecule has 16 heavy (non-hydrogen) atoms. The summed E-state index contributed by atoms with van der Waals surface area (Å²) >= 11 is 0. The van der Waals surface area contributed by atoms with E-state index in [1.165, 1.54) is 0 Å². The summed E-state index contributed by atoms with van der Waals surface area (Å²) in [6, 6.07) is 7.56. The molecule has 2 heterocycles. The first-order chi connectivity index (χ1) is 7.88. The molecule has 2 rings (SSSR count). The molecule has 0 radical (unpaired) electrons. The number of hydrogen-bond acceptors (Lipinski definition) is 4. The summed E-state index contributed by atoms with van der Waals surface area (Å²) in [6.45, 7) is 0.952. The zero-order valence-electron chi connectivity index (χ0n) is 8.84. The maximum absolute atomic E-state index is 5.51. The van der Waals surface area contributed by atoms with E-state index in [2.05, 4.69) is 9.97 Å². The van der Waals surface area contributed by atoms with Crippen molar-refractivity contribution in [2.45, 2.75) is 13.2 Å². The molecular formula is C12H13N3O. The topological polar surface area (TPSA) is 61.0 Å². The molecule has 82 valence electrons. The predicted octanol–water partition coefficient (Wildman–Crippen LogP) is 1.51. The molecule has 0 atom stereocenters. The van der Waals surface area contributed by atoms with Crippen LogP contribution in [0.4, 0.5) is 0 Å². The summed E-state index contributed by atoms with van der Waals surface area (Å²) in [5.74, 6) is 0.743. The second-order valence-electron chi connectivity index (χ2n) is 3.34. The number of ether oxygens (including phenoxy) is 1. The maximum atomic E-state index is 5.51. The van der Waals surface area contributed by atoms with Crippen LogP contribution in [0.1, 0.15) is 11.3 Å². The van der Waals surface area contributed by atoms with Crippen LogP contribution in [-0.2, 0) is 13.2 Å². The fourth-order valence-electron chi connectivity index (χ4n) is 1.25. The zero-order chi connectivity index (χ0) is 11.2. The largest absolute Gasteiger partial charge is 0.486 e. The maximum Gasteiger partial charge on any atom is 0.138 e. The van der Waals surface area contributed by atoms with Gasteiger partial charge >= 0.3 is 0 Å². The Morgan fingerprint density at radius 1 is 1.19 bits per heavy atom. The van der Waals surface area contributed by atoms with E-state index in [0.717, 1.165) is 17.0 Å². The molecule has 0 aliphatic rings. The number of rotatable bonds is 4. The lowest BCUT2D eigenvalue weighted by Gasteiger charge is -2.05. The molecule has 0 saturated heterocycles. The van der Waals surface area contributed by atoms with Gasteiger partial charge in [-0.1, -0.05) is 6.07 Å². The summed E-state index contributed by atoms with van der Waals surface area (Å²) in [7, 11) is 0. The highest BCUT2D eigenvalue weighted by Crippen LogP contribution is 2.09. The number of nitrogens with zero attached hydrogens (tertiary/aromatic N) is 2. The number of nitrogens with two attached hydrogens (primary N) is 1. The highest BCUT2D eigenvalue weighted by atomic mass is 16.5. The second kappa shape index (κ2) is 5.23. The molecule has 4 nitrogen and oxygen atoms in total. The second-order valence-corrected chi connectivity index (χ2v) is 3.34. The average Bonchev–Trinajstić information content (AvgIpc) is 2.38. The van der Waals surface area contributed by atoms with E-state index >= 15 is 0 Å². The Morgan fingerprint density at radius 2 is 2.12 bits per heavy atom. The monoisotopic (exact) mass is 215 g/mol. The van der Waals surface area contributed by atoms with E-state index in [1.807, 2.05) is 24.3 Å². The van der Waals surface area contributed by atoms with Gasteiger partial charge in [0.2, 0.25) is 0 Å². The fourth-order valence-corrected chi connectivity index (χ4v) is 1.25. The van der Waals surface area contributed by atoms with Gasteiger partial charge in [0.25, 0.3) is 0 Å². The summed E-state index contributed by atoms with van der Waals surface area (Å²) in [6.07, 6.45) is 5.15. The molecule has 0 bridgehead atoms. The van der Waals surface area contributed by atoms with E-state index in [4.69, 9.17) is 10.5 Å². The van der Waals surface area contributed by atoms with Gasteiger partial charge in [-0.25, -0.2) is 0 Å². The molecule has 0 aromatic carbocycles. The lowest BCUT2D eigenvalue weighted by atomic mass is 10.2. The van der Waals surface area contributed by atoms with Gasteiger partial charge in [0.05, 0.1) is 11.9 Å². The Balaban J connectivity index is 1.94. The predicted molar refractivity (Wildman–Crippen MR) is 60.7 cm³/mol. The first kappa shape index (κ1) is 10.6. The van der Waals surface area contributed by atoms with Gasteiger partial charge in [-0.15, -0.1) is 0 Å². The molecule has 0 unspecified atom stereocenters. The lowest BCUT2D eigenvalue weighted by Crippen LogP contribution is -2.01. The van der Waals surface area contributed by atoms with Crippen molar-refractivity contribution in [3.05, 3.63) is 54.1 Å². The molecule has 2 N–H and O–H groups in total. The van der Waals surface area contributed by atoms with Crippen molar-refractivity contribution in [1.82, 2.24) is 9.97 Å². The van der Waals surface area contributed by atoms with Crippen LogP contribution in [-0.4, -0.2) is 9.97 Å². The molecule has 0 spiro atoms. The third-order valence-electron chi connectivity index (χ3n) is 2.14. The van der Waals surface area contributed by atoms with Gasteiger partial charge in [-0.2, -0.15) is 0 Å². The quantitative estimate of drug-likeness (QED) is 0.839. The Bertz CT molecular complexity index is 428. The van der Waals surface area contributed by atoms with Crippen LogP contribution in [0.3, 0.4) is 0 Å². The van der Waals surface area contributed by atoms with Gasteiger partial charge in [-0.3, -0.25) is 9.97 Å². The minimum Gasteiger partial charge on any atom is -0.486 e. The highest BCUT2D eigenvalue weighted by Gasteiger charge is 1.97. The van der Waals surface area contributed by atoms with Crippen LogP contribution in [0, 0.1) is 0 Å². The van der Waals surface area contributed by atoms with Crippen molar-refractivity contribution >= 4 is 0 Å². The molecule has 4 heteroatoms. The number of aromatic nitrogens is 2. The standard InChI is InChI=1S/C12H13N3O/c13-6-10-3-4-11(15-7-10)9-16-12-2-1-5-14-8-12/h1-5,7-8H,6,9,13H2. The van der Waals surface area contributed by atoms with Crippen molar-refractivity contribution in [3.63, 3.8) is 0 Å². The van der Waals surface area contributed by atoms with Crippen LogP contribution in [0.2, 0.25) is 0 Å². The average molecular weight is 215 g/mol. The van der Waals surface area contributed by atoms with Crippen LogP contribution < -0.4 is 10.5 Å². The Morgan fingerprint density at radius 3 is 2.75 bits per heavy atom. The van der Waals surface area contributed by atoms with E-state index in [0.29, 0.717) is 13.2 Å². The van der Waals surface area contributed by atoms with Crippen LogP contribution in [0.5, 0.6) is 5.75 Å². The molecule has 0 fully saturated rings. The van der Waals surface area contributed by atoms with Gasteiger partial charge in [0.1, 0.15) is 12.4 Å². The highest BCUT2D eigenvalue weighted by molar-refractivity contribution is 5.17. The Kier molecular flexibility index (Phi) is 3.46. The summed E-state index contributed by atoms with van der Waals surface area (Å²) < 4.78 is 5.51. The van der Waals surface area contributed by atoms with Crippen molar-refractivity contribution < 1.29 is 4.74 Å². The fraction of sp³-hybridized carbons (Fsp3) is 0.167. The van der Waals surface area contributed by atoms with Crippen molar-refractivity contribution in [1.29, 1.82) is 0 Å². The normalized spacial score (nSPS) is 10.1. The van der Waals surface area contributed by atoms with E-state index in [-0.39, 0.29) is 0 Å². The SMILES string of the molecule is NCc1ccc(COc2cccnc2)nc1. The van der Waals surface area contributed by atoms with Crippen LogP contribution in [0.15, 0.2) is 42.9 Å². The minimum absolute atomic E-state index is 0.441. The van der Waals surface area contributed by atoms with E-state index < -0.39 is 0 Å². The summed E-state index contributed by atoms with van der Waals surface area (Å²) in [5.41, 5.74) is 7.38. The van der Waals surface area contributed by atoms with Crippen LogP contribution >= 0.6 is 0 Å². The zero-order valence-corrected chi connectivity index (χ0v) is 8.84. The van der Waals surface area contributed by atoms with E-state index in [1.54, 1.807) is 18.6 Å². The molecule has 0 aliphatic carbocycles. The lowest BCUT2D eigenvalue weighted by molar-refractivity contribution is 0.300. The van der Waals surface area contributed by atoms with Crippen molar-refractivity contribution in [3.8, 4) is 5.75 Å². The number of hydrogen-bond donors (Lipinski definition) is 1. The van der Waals surface area contributed by atoms with Gasteiger partial charge < -0.3 is 10.5 Å². The molecule has 2 aromatic heterocycles. The first-order valence-corrected chi connectivity index (χ1v) is 5.05. The number of pyridine rings is 2. The Hall–Kier alpha value is -1.94. The third-order valence-corrected chi connectivity index (χ3v) is 2.14. The molecule has 0 amide bonds. The third kappa shape index (κ3) is 2.77. The van der Waals surface area contributed by atoms with Crippen LogP contribution in [0.25, 0.3) is 0 Å². The Labute approximate surface area is 94.1 Å². The van der Waals surface area contributed by atoms with Crippen molar-refractivity contribution in [2.24, 2.45) is 5.73 Å². The molecule has 0 aliphatic heterocycles. The first-order valence-electron chi connectivity index (χ1n) is 5.05.